The van der Waals surface area contributed by atoms with E-state index in [0.29, 0.717) is 12.5 Å². The Balaban J connectivity index is 2.66. The van der Waals surface area contributed by atoms with Crippen molar-refractivity contribution in [3.05, 3.63) is 39.4 Å². The lowest BCUT2D eigenvalue weighted by molar-refractivity contribution is -0.385. The maximum atomic E-state index is 10.8. The van der Waals surface area contributed by atoms with Crippen molar-refractivity contribution in [2.45, 2.75) is 19.6 Å². The van der Waals surface area contributed by atoms with E-state index in [1.165, 1.54) is 0 Å². The maximum Gasteiger partial charge on any atom is 0.272 e. The zero-order valence-corrected chi connectivity index (χ0v) is 11.0. The number of benzene rings is 1. The van der Waals surface area contributed by atoms with Gasteiger partial charge in [0.25, 0.3) is 5.69 Å². The van der Waals surface area contributed by atoms with Gasteiger partial charge >= 0.3 is 0 Å². The van der Waals surface area contributed by atoms with Crippen molar-refractivity contribution in [3.63, 3.8) is 0 Å². The molecule has 0 aliphatic rings. The van der Waals surface area contributed by atoms with Gasteiger partial charge in [0, 0.05) is 17.4 Å². The van der Waals surface area contributed by atoms with Gasteiger partial charge in [-0.15, -0.1) is 0 Å². The standard InChI is InChI=1S/C12H18N2O2S/c1-9(6-13)7-17-8-11-4-3-5-12(10(11)2)14(15)16/h3-5,9H,6-8,13H2,1-2H3. The van der Waals surface area contributed by atoms with Gasteiger partial charge in [-0.1, -0.05) is 19.1 Å². The summed E-state index contributed by atoms with van der Waals surface area (Å²) in [5, 5.41) is 10.8. The molecule has 0 aromatic heterocycles. The highest BCUT2D eigenvalue weighted by atomic mass is 32.2. The zero-order valence-electron chi connectivity index (χ0n) is 10.2. The van der Waals surface area contributed by atoms with Crippen molar-refractivity contribution < 1.29 is 4.92 Å². The minimum Gasteiger partial charge on any atom is -0.330 e. The first kappa shape index (κ1) is 14.0. The molecule has 1 rings (SSSR count). The molecule has 0 heterocycles. The molecular formula is C12H18N2O2S. The van der Waals surface area contributed by atoms with E-state index in [9.17, 15) is 10.1 Å². The molecule has 0 aliphatic carbocycles. The normalized spacial score (nSPS) is 12.4. The molecule has 1 aromatic carbocycles. The molecule has 1 aromatic rings. The van der Waals surface area contributed by atoms with Crippen LogP contribution < -0.4 is 5.73 Å². The van der Waals surface area contributed by atoms with E-state index < -0.39 is 0 Å². The smallest absolute Gasteiger partial charge is 0.272 e. The number of nitro benzene ring substituents is 1. The molecule has 1 unspecified atom stereocenters. The summed E-state index contributed by atoms with van der Waals surface area (Å²) in [6.07, 6.45) is 0. The molecule has 5 heteroatoms. The molecule has 94 valence electrons. The Hall–Kier alpha value is -1.07. The van der Waals surface area contributed by atoms with E-state index >= 15 is 0 Å². The SMILES string of the molecule is Cc1c(CSCC(C)CN)cccc1[N+](=O)[O-]. The fourth-order valence-electron chi connectivity index (χ4n) is 1.46. The molecule has 0 fully saturated rings. The summed E-state index contributed by atoms with van der Waals surface area (Å²) in [5.74, 6) is 2.27. The second-order valence-electron chi connectivity index (χ2n) is 4.17. The summed E-state index contributed by atoms with van der Waals surface area (Å²) in [6.45, 7) is 4.59. The third-order valence-electron chi connectivity index (χ3n) is 2.68. The zero-order chi connectivity index (χ0) is 12.8. The topological polar surface area (TPSA) is 69.2 Å². The molecule has 0 bridgehead atoms. The fraction of sp³-hybridized carbons (Fsp3) is 0.500. The van der Waals surface area contributed by atoms with Crippen LogP contribution in [0.1, 0.15) is 18.1 Å². The number of hydrogen-bond donors (Lipinski definition) is 1. The summed E-state index contributed by atoms with van der Waals surface area (Å²) >= 11 is 1.77. The van der Waals surface area contributed by atoms with Gasteiger partial charge in [-0.25, -0.2) is 0 Å². The Kier molecular flexibility index (Phi) is 5.44. The summed E-state index contributed by atoms with van der Waals surface area (Å²) in [6, 6.07) is 5.24. The monoisotopic (exact) mass is 254 g/mol. The lowest BCUT2D eigenvalue weighted by atomic mass is 10.1. The van der Waals surface area contributed by atoms with E-state index in [1.807, 2.05) is 6.07 Å². The first-order valence-electron chi connectivity index (χ1n) is 5.57. The van der Waals surface area contributed by atoms with Crippen LogP contribution in [0.5, 0.6) is 0 Å². The molecule has 4 nitrogen and oxygen atoms in total. The van der Waals surface area contributed by atoms with Crippen LogP contribution in [-0.4, -0.2) is 17.2 Å². The fourth-order valence-corrected chi connectivity index (χ4v) is 2.65. The first-order chi connectivity index (χ1) is 8.06. The van der Waals surface area contributed by atoms with Crippen LogP contribution in [0.25, 0.3) is 0 Å². The molecule has 0 radical (unpaired) electrons. The number of nitrogens with two attached hydrogens (primary N) is 1. The molecule has 2 N–H and O–H groups in total. The van der Waals surface area contributed by atoms with E-state index in [4.69, 9.17) is 5.73 Å². The van der Waals surface area contributed by atoms with Gasteiger partial charge in [0.1, 0.15) is 0 Å². The quantitative estimate of drug-likeness (QED) is 0.626. The van der Waals surface area contributed by atoms with Crippen molar-refractivity contribution in [1.29, 1.82) is 0 Å². The Bertz CT molecular complexity index is 396. The maximum absolute atomic E-state index is 10.8. The molecule has 0 saturated heterocycles. The molecule has 0 aliphatic heterocycles. The predicted octanol–water partition coefficient (Wildman–Crippen LogP) is 2.73. The number of nitro groups is 1. The Labute approximate surface area is 106 Å². The number of nitrogens with zero attached hydrogens (tertiary/aromatic N) is 1. The van der Waals surface area contributed by atoms with Gasteiger partial charge in [-0.2, -0.15) is 11.8 Å². The van der Waals surface area contributed by atoms with Crippen LogP contribution >= 0.6 is 11.8 Å². The van der Waals surface area contributed by atoms with Crippen LogP contribution in [0.4, 0.5) is 5.69 Å². The van der Waals surface area contributed by atoms with Gasteiger partial charge in [0.2, 0.25) is 0 Å². The van der Waals surface area contributed by atoms with Crippen molar-refractivity contribution >= 4 is 17.4 Å². The lowest BCUT2D eigenvalue weighted by Gasteiger charge is -2.09. The van der Waals surface area contributed by atoms with Gasteiger partial charge in [0.15, 0.2) is 0 Å². The average Bonchev–Trinajstić information content (AvgIpc) is 2.30. The number of hydrogen-bond acceptors (Lipinski definition) is 4. The molecule has 0 saturated carbocycles. The number of thioether (sulfide) groups is 1. The van der Waals surface area contributed by atoms with Gasteiger partial charge in [-0.05, 0) is 30.7 Å². The Morgan fingerprint density at radius 3 is 2.82 bits per heavy atom. The Morgan fingerprint density at radius 2 is 2.24 bits per heavy atom. The summed E-state index contributed by atoms with van der Waals surface area (Å²) in [5.41, 5.74) is 7.55. The highest BCUT2D eigenvalue weighted by Gasteiger charge is 2.12. The van der Waals surface area contributed by atoms with E-state index in [-0.39, 0.29) is 10.6 Å². The molecular weight excluding hydrogens is 236 g/mol. The summed E-state index contributed by atoms with van der Waals surface area (Å²) in [4.78, 5) is 10.5. The van der Waals surface area contributed by atoms with Crippen molar-refractivity contribution in [1.82, 2.24) is 0 Å². The molecule has 17 heavy (non-hydrogen) atoms. The van der Waals surface area contributed by atoms with Crippen LogP contribution in [0, 0.1) is 23.0 Å². The Morgan fingerprint density at radius 1 is 1.53 bits per heavy atom. The van der Waals surface area contributed by atoms with Crippen LogP contribution in [0.2, 0.25) is 0 Å². The van der Waals surface area contributed by atoms with Gasteiger partial charge in [-0.3, -0.25) is 10.1 Å². The van der Waals surface area contributed by atoms with E-state index in [2.05, 4.69) is 6.92 Å². The molecule has 1 atom stereocenters. The first-order valence-corrected chi connectivity index (χ1v) is 6.72. The second-order valence-corrected chi connectivity index (χ2v) is 5.20. The number of rotatable bonds is 6. The van der Waals surface area contributed by atoms with Crippen LogP contribution in [0.3, 0.4) is 0 Å². The van der Waals surface area contributed by atoms with E-state index in [0.717, 1.165) is 22.6 Å². The summed E-state index contributed by atoms with van der Waals surface area (Å²) in [7, 11) is 0. The predicted molar refractivity (Wildman–Crippen MR) is 72.2 cm³/mol. The lowest BCUT2D eigenvalue weighted by Crippen LogP contribution is -2.12. The minimum absolute atomic E-state index is 0.204. The molecule has 0 spiro atoms. The third kappa shape index (κ3) is 4.02. The highest BCUT2D eigenvalue weighted by Crippen LogP contribution is 2.25. The van der Waals surface area contributed by atoms with Gasteiger partial charge in [0.05, 0.1) is 4.92 Å². The van der Waals surface area contributed by atoms with Crippen LogP contribution in [0.15, 0.2) is 18.2 Å². The van der Waals surface area contributed by atoms with Gasteiger partial charge < -0.3 is 5.73 Å². The van der Waals surface area contributed by atoms with Crippen molar-refractivity contribution in [3.8, 4) is 0 Å². The van der Waals surface area contributed by atoms with Crippen LogP contribution in [-0.2, 0) is 5.75 Å². The molecule has 0 amide bonds. The summed E-state index contributed by atoms with van der Waals surface area (Å²) < 4.78 is 0. The third-order valence-corrected chi connectivity index (χ3v) is 4.00. The highest BCUT2D eigenvalue weighted by molar-refractivity contribution is 7.98. The van der Waals surface area contributed by atoms with E-state index in [1.54, 1.807) is 30.8 Å². The largest absolute Gasteiger partial charge is 0.330 e. The van der Waals surface area contributed by atoms with Crippen molar-refractivity contribution in [2.75, 3.05) is 12.3 Å². The van der Waals surface area contributed by atoms with Crippen molar-refractivity contribution in [2.24, 2.45) is 11.7 Å². The second kappa shape index (κ2) is 6.61. The average molecular weight is 254 g/mol. The minimum atomic E-state index is -0.327.